The molecule has 0 aliphatic carbocycles. The van der Waals surface area contributed by atoms with Gasteiger partial charge in [0.05, 0.1) is 0 Å². The third-order valence-corrected chi connectivity index (χ3v) is 2.24. The number of rotatable bonds is 2. The van der Waals surface area contributed by atoms with Crippen molar-refractivity contribution in [2.45, 2.75) is 6.92 Å². The zero-order valence-corrected chi connectivity index (χ0v) is 9.92. The van der Waals surface area contributed by atoms with Gasteiger partial charge in [0.1, 0.15) is 5.82 Å². The molecule has 16 heavy (non-hydrogen) atoms. The highest BCUT2D eigenvalue weighted by Crippen LogP contribution is 2.17. The van der Waals surface area contributed by atoms with Crippen LogP contribution in [0.3, 0.4) is 0 Å². The maximum absolute atomic E-state index is 5.77. The van der Waals surface area contributed by atoms with Gasteiger partial charge in [0.25, 0.3) is 0 Å². The normalized spacial score (nSPS) is 10.2. The number of anilines is 2. The molecule has 1 aromatic carbocycles. The van der Waals surface area contributed by atoms with Gasteiger partial charge < -0.3 is 5.32 Å². The molecule has 0 radical (unpaired) electrons. The van der Waals surface area contributed by atoms with E-state index in [9.17, 15) is 0 Å². The van der Waals surface area contributed by atoms with Crippen LogP contribution in [-0.4, -0.2) is 15.0 Å². The van der Waals surface area contributed by atoms with Crippen molar-refractivity contribution in [3.05, 3.63) is 40.4 Å². The lowest BCUT2D eigenvalue weighted by Crippen LogP contribution is -2.00. The van der Waals surface area contributed by atoms with Gasteiger partial charge in [-0.05, 0) is 42.8 Å². The fraction of sp³-hybridized carbons (Fsp3) is 0.100. The Hall–Kier alpha value is -1.39. The Bertz CT molecular complexity index is 478. The summed E-state index contributed by atoms with van der Waals surface area (Å²) in [4.78, 5) is 11.9. The Kier molecular flexibility index (Phi) is 3.22. The average Bonchev–Trinajstić information content (AvgIpc) is 2.20. The third kappa shape index (κ3) is 2.81. The van der Waals surface area contributed by atoms with Crippen LogP contribution in [0, 0.1) is 6.92 Å². The molecule has 0 fully saturated rings. The van der Waals surface area contributed by atoms with Crippen LogP contribution in [0.1, 0.15) is 5.82 Å². The van der Waals surface area contributed by atoms with E-state index >= 15 is 0 Å². The highest BCUT2D eigenvalue weighted by molar-refractivity contribution is 6.30. The number of aromatic nitrogens is 3. The Morgan fingerprint density at radius 3 is 2.31 bits per heavy atom. The second-order valence-electron chi connectivity index (χ2n) is 3.11. The summed E-state index contributed by atoms with van der Waals surface area (Å²) in [6, 6.07) is 7.21. The van der Waals surface area contributed by atoms with Crippen molar-refractivity contribution >= 4 is 34.8 Å². The van der Waals surface area contributed by atoms with E-state index in [4.69, 9.17) is 23.2 Å². The number of nitrogens with zero attached hydrogens (tertiary/aromatic N) is 3. The Balaban J connectivity index is 2.23. The second-order valence-corrected chi connectivity index (χ2v) is 3.88. The smallest absolute Gasteiger partial charge is 0.231 e. The zero-order valence-electron chi connectivity index (χ0n) is 8.41. The minimum Gasteiger partial charge on any atom is -0.324 e. The van der Waals surface area contributed by atoms with E-state index in [0.717, 1.165) is 5.69 Å². The molecule has 0 saturated carbocycles. The monoisotopic (exact) mass is 254 g/mol. The molecule has 6 heteroatoms. The zero-order chi connectivity index (χ0) is 11.5. The first kappa shape index (κ1) is 11.1. The molecule has 0 aliphatic rings. The van der Waals surface area contributed by atoms with Crippen molar-refractivity contribution in [2.24, 2.45) is 0 Å². The van der Waals surface area contributed by atoms with Gasteiger partial charge in [-0.3, -0.25) is 0 Å². The number of hydrogen-bond donors (Lipinski definition) is 1. The molecule has 0 bridgehead atoms. The molecule has 2 rings (SSSR count). The summed E-state index contributed by atoms with van der Waals surface area (Å²) < 4.78 is 0. The lowest BCUT2D eigenvalue weighted by molar-refractivity contribution is 0.983. The standard InChI is InChI=1S/C10H8Cl2N4/c1-6-13-9(12)16-10(14-6)15-8-4-2-7(11)3-5-8/h2-5H,1H3,(H,13,14,15,16). The minimum atomic E-state index is 0.170. The molecule has 0 atom stereocenters. The summed E-state index contributed by atoms with van der Waals surface area (Å²) in [5.41, 5.74) is 0.839. The SMILES string of the molecule is Cc1nc(Cl)nc(Nc2ccc(Cl)cc2)n1. The predicted molar refractivity (Wildman–Crippen MR) is 64.3 cm³/mol. The fourth-order valence-corrected chi connectivity index (χ4v) is 1.50. The van der Waals surface area contributed by atoms with Crippen molar-refractivity contribution in [2.75, 3.05) is 5.32 Å². The number of benzene rings is 1. The highest BCUT2D eigenvalue weighted by Gasteiger charge is 2.01. The summed E-state index contributed by atoms with van der Waals surface area (Å²) in [7, 11) is 0. The Morgan fingerprint density at radius 1 is 1.00 bits per heavy atom. The largest absolute Gasteiger partial charge is 0.324 e. The van der Waals surface area contributed by atoms with Crippen LogP contribution in [0.5, 0.6) is 0 Å². The average molecular weight is 255 g/mol. The van der Waals surface area contributed by atoms with Crippen LogP contribution in [0.2, 0.25) is 10.3 Å². The minimum absolute atomic E-state index is 0.170. The predicted octanol–water partition coefficient (Wildman–Crippen LogP) is 3.23. The van der Waals surface area contributed by atoms with Gasteiger partial charge in [0.15, 0.2) is 0 Å². The van der Waals surface area contributed by atoms with Crippen LogP contribution in [0.4, 0.5) is 11.6 Å². The van der Waals surface area contributed by atoms with Gasteiger partial charge in [-0.1, -0.05) is 11.6 Å². The summed E-state index contributed by atoms with van der Waals surface area (Å²) in [6.45, 7) is 1.75. The van der Waals surface area contributed by atoms with Gasteiger partial charge in [0.2, 0.25) is 11.2 Å². The lowest BCUT2D eigenvalue weighted by atomic mass is 10.3. The molecule has 82 valence electrons. The lowest BCUT2D eigenvalue weighted by Gasteiger charge is -2.05. The van der Waals surface area contributed by atoms with Gasteiger partial charge in [0, 0.05) is 10.7 Å². The number of aryl methyl sites for hydroxylation is 1. The summed E-state index contributed by atoms with van der Waals surface area (Å²) in [5, 5.41) is 3.85. The van der Waals surface area contributed by atoms with Gasteiger partial charge in [-0.2, -0.15) is 9.97 Å². The molecular formula is C10H8Cl2N4. The molecule has 0 spiro atoms. The van der Waals surface area contributed by atoms with Crippen LogP contribution in [0.15, 0.2) is 24.3 Å². The molecule has 0 aliphatic heterocycles. The van der Waals surface area contributed by atoms with E-state index in [1.807, 2.05) is 12.1 Å². The van der Waals surface area contributed by atoms with Crippen molar-refractivity contribution in [3.8, 4) is 0 Å². The Morgan fingerprint density at radius 2 is 1.69 bits per heavy atom. The number of halogens is 2. The van der Waals surface area contributed by atoms with Gasteiger partial charge >= 0.3 is 0 Å². The quantitative estimate of drug-likeness (QED) is 0.894. The molecule has 1 heterocycles. The van der Waals surface area contributed by atoms with Crippen LogP contribution in [0.25, 0.3) is 0 Å². The van der Waals surface area contributed by atoms with E-state index in [-0.39, 0.29) is 5.28 Å². The maximum atomic E-state index is 5.77. The molecule has 1 N–H and O–H groups in total. The first-order valence-corrected chi connectivity index (χ1v) is 5.30. The van der Waals surface area contributed by atoms with E-state index < -0.39 is 0 Å². The van der Waals surface area contributed by atoms with Crippen LogP contribution < -0.4 is 5.32 Å². The van der Waals surface area contributed by atoms with Crippen LogP contribution in [-0.2, 0) is 0 Å². The van der Waals surface area contributed by atoms with Crippen molar-refractivity contribution in [1.82, 2.24) is 15.0 Å². The van der Waals surface area contributed by atoms with E-state index in [1.165, 1.54) is 0 Å². The third-order valence-electron chi connectivity index (χ3n) is 1.82. The summed E-state index contributed by atoms with van der Waals surface area (Å²) in [6.07, 6.45) is 0. The fourth-order valence-electron chi connectivity index (χ4n) is 1.17. The molecule has 0 unspecified atom stereocenters. The van der Waals surface area contributed by atoms with Crippen molar-refractivity contribution < 1.29 is 0 Å². The molecule has 0 amide bonds. The van der Waals surface area contributed by atoms with Crippen molar-refractivity contribution in [1.29, 1.82) is 0 Å². The first-order chi connectivity index (χ1) is 7.63. The highest BCUT2D eigenvalue weighted by atomic mass is 35.5. The van der Waals surface area contributed by atoms with E-state index in [1.54, 1.807) is 19.1 Å². The molecule has 0 saturated heterocycles. The van der Waals surface area contributed by atoms with Gasteiger partial charge in [-0.15, -0.1) is 0 Å². The second kappa shape index (κ2) is 4.63. The Labute approximate surface area is 103 Å². The summed E-state index contributed by atoms with van der Waals surface area (Å²) in [5.74, 6) is 0.983. The topological polar surface area (TPSA) is 50.7 Å². The molecule has 2 aromatic rings. The maximum Gasteiger partial charge on any atom is 0.231 e. The summed E-state index contributed by atoms with van der Waals surface area (Å²) >= 11 is 11.5. The molecule has 1 aromatic heterocycles. The van der Waals surface area contributed by atoms with E-state index in [0.29, 0.717) is 16.8 Å². The van der Waals surface area contributed by atoms with Crippen LogP contribution >= 0.6 is 23.2 Å². The van der Waals surface area contributed by atoms with Gasteiger partial charge in [-0.25, -0.2) is 4.98 Å². The number of nitrogens with one attached hydrogen (secondary N) is 1. The van der Waals surface area contributed by atoms with Crippen molar-refractivity contribution in [3.63, 3.8) is 0 Å². The molecule has 4 nitrogen and oxygen atoms in total. The van der Waals surface area contributed by atoms with E-state index in [2.05, 4.69) is 20.3 Å². The molecular weight excluding hydrogens is 247 g/mol. The first-order valence-electron chi connectivity index (χ1n) is 4.54. The number of hydrogen-bond acceptors (Lipinski definition) is 4.